The molecule has 0 saturated heterocycles. The van der Waals surface area contributed by atoms with Gasteiger partial charge in [-0.05, 0) is 43.0 Å². The third-order valence-corrected chi connectivity index (χ3v) is 3.76. The molecule has 3 nitrogen and oxygen atoms in total. The predicted octanol–water partition coefficient (Wildman–Crippen LogP) is 4.33. The van der Waals surface area contributed by atoms with Crippen LogP contribution in [0.1, 0.15) is 28.8 Å². The predicted molar refractivity (Wildman–Crippen MR) is 86.2 cm³/mol. The molecule has 1 aliphatic carbocycles. The van der Waals surface area contributed by atoms with Gasteiger partial charge in [0.1, 0.15) is 5.71 Å². The van der Waals surface area contributed by atoms with Gasteiger partial charge in [-0.3, -0.25) is 10.2 Å². The van der Waals surface area contributed by atoms with Crippen molar-refractivity contribution < 1.29 is 4.79 Å². The molecule has 0 saturated carbocycles. The Morgan fingerprint density at radius 2 is 1.90 bits per heavy atom. The quantitative estimate of drug-likeness (QED) is 0.662. The third-order valence-electron chi connectivity index (χ3n) is 3.53. The van der Waals surface area contributed by atoms with Crippen LogP contribution < -0.4 is 5.43 Å². The van der Waals surface area contributed by atoms with Gasteiger partial charge in [-0.15, -0.1) is 0 Å². The first-order chi connectivity index (χ1) is 10.2. The molecule has 1 aliphatic rings. The van der Waals surface area contributed by atoms with Crippen LogP contribution in [0.2, 0.25) is 5.02 Å². The lowest BCUT2D eigenvalue weighted by molar-refractivity contribution is 0.106. The SMILES string of the molecule is O=C1/C(=N/Nc2cccc(Cl)c2)CCCc2ccccc21. The first kappa shape index (κ1) is 13.8. The Balaban J connectivity index is 1.85. The zero-order valence-corrected chi connectivity index (χ0v) is 12.2. The van der Waals surface area contributed by atoms with E-state index in [1.54, 1.807) is 12.1 Å². The number of nitrogens with one attached hydrogen (secondary N) is 1. The number of fused-ring (bicyclic) bond motifs is 1. The topological polar surface area (TPSA) is 41.5 Å². The fraction of sp³-hybridized carbons (Fsp3) is 0.176. The maximum atomic E-state index is 12.5. The number of hydrogen-bond acceptors (Lipinski definition) is 3. The Morgan fingerprint density at radius 3 is 2.76 bits per heavy atom. The minimum Gasteiger partial charge on any atom is -0.287 e. The molecule has 0 aliphatic heterocycles. The van der Waals surface area contributed by atoms with E-state index < -0.39 is 0 Å². The van der Waals surface area contributed by atoms with Crippen molar-refractivity contribution in [3.05, 3.63) is 64.7 Å². The van der Waals surface area contributed by atoms with Crippen molar-refractivity contribution in [3.8, 4) is 0 Å². The van der Waals surface area contributed by atoms with E-state index in [0.717, 1.165) is 29.7 Å². The summed E-state index contributed by atoms with van der Waals surface area (Å²) in [4.78, 5) is 12.5. The molecule has 0 fully saturated rings. The molecule has 21 heavy (non-hydrogen) atoms. The lowest BCUT2D eigenvalue weighted by atomic mass is 10.0. The number of Topliss-reactive ketones (excluding diaryl/α,β-unsaturated/α-hetero) is 1. The number of ketones is 1. The zero-order chi connectivity index (χ0) is 14.7. The second kappa shape index (κ2) is 6.10. The van der Waals surface area contributed by atoms with Crippen molar-refractivity contribution in [2.45, 2.75) is 19.3 Å². The van der Waals surface area contributed by atoms with E-state index in [9.17, 15) is 4.79 Å². The Bertz CT molecular complexity index is 709. The van der Waals surface area contributed by atoms with E-state index >= 15 is 0 Å². The molecule has 3 rings (SSSR count). The van der Waals surface area contributed by atoms with Crippen LogP contribution in [0.4, 0.5) is 5.69 Å². The summed E-state index contributed by atoms with van der Waals surface area (Å²) in [7, 11) is 0. The van der Waals surface area contributed by atoms with Crippen molar-refractivity contribution in [2.24, 2.45) is 5.10 Å². The molecule has 0 bridgehead atoms. The highest BCUT2D eigenvalue weighted by Crippen LogP contribution is 2.20. The van der Waals surface area contributed by atoms with Gasteiger partial charge in [0.15, 0.2) is 0 Å². The summed E-state index contributed by atoms with van der Waals surface area (Å²) in [6.07, 6.45) is 2.53. The van der Waals surface area contributed by atoms with E-state index in [1.807, 2.05) is 36.4 Å². The van der Waals surface area contributed by atoms with Crippen molar-refractivity contribution in [1.82, 2.24) is 0 Å². The van der Waals surface area contributed by atoms with Gasteiger partial charge in [0.2, 0.25) is 5.78 Å². The molecule has 2 aromatic rings. The van der Waals surface area contributed by atoms with Gasteiger partial charge in [-0.2, -0.15) is 5.10 Å². The lowest BCUT2D eigenvalue weighted by Crippen LogP contribution is -2.15. The summed E-state index contributed by atoms with van der Waals surface area (Å²) in [5.41, 5.74) is 6.15. The molecule has 0 aromatic heterocycles. The fourth-order valence-electron chi connectivity index (χ4n) is 2.47. The minimum atomic E-state index is 0.0117. The van der Waals surface area contributed by atoms with Crippen LogP contribution in [-0.2, 0) is 6.42 Å². The number of halogens is 1. The van der Waals surface area contributed by atoms with Crippen LogP contribution in [0.5, 0.6) is 0 Å². The lowest BCUT2D eigenvalue weighted by Gasteiger charge is -2.05. The number of nitrogens with zero attached hydrogens (tertiary/aromatic N) is 1. The average molecular weight is 299 g/mol. The fourth-order valence-corrected chi connectivity index (χ4v) is 2.66. The molecule has 0 unspecified atom stereocenters. The molecule has 0 amide bonds. The number of anilines is 1. The highest BCUT2D eigenvalue weighted by molar-refractivity contribution is 6.46. The maximum absolute atomic E-state index is 12.5. The first-order valence-corrected chi connectivity index (χ1v) is 7.32. The van der Waals surface area contributed by atoms with Crippen molar-refractivity contribution in [1.29, 1.82) is 0 Å². The number of hydrazone groups is 1. The molecule has 106 valence electrons. The van der Waals surface area contributed by atoms with Gasteiger partial charge in [-0.1, -0.05) is 41.9 Å². The van der Waals surface area contributed by atoms with E-state index in [4.69, 9.17) is 11.6 Å². The summed E-state index contributed by atoms with van der Waals surface area (Å²) < 4.78 is 0. The molecule has 2 aromatic carbocycles. The summed E-state index contributed by atoms with van der Waals surface area (Å²) in [6, 6.07) is 15.0. The van der Waals surface area contributed by atoms with Gasteiger partial charge in [0, 0.05) is 10.6 Å². The number of aryl methyl sites for hydroxylation is 1. The molecule has 0 radical (unpaired) electrons. The highest BCUT2D eigenvalue weighted by Gasteiger charge is 2.20. The monoisotopic (exact) mass is 298 g/mol. The normalized spacial score (nSPS) is 16.4. The van der Waals surface area contributed by atoms with Crippen LogP contribution in [0, 0.1) is 0 Å². The van der Waals surface area contributed by atoms with E-state index in [1.165, 1.54) is 0 Å². The second-order valence-electron chi connectivity index (χ2n) is 5.02. The Labute approximate surface area is 128 Å². The molecule has 1 N–H and O–H groups in total. The number of benzene rings is 2. The summed E-state index contributed by atoms with van der Waals surface area (Å²) in [5, 5.41) is 4.93. The zero-order valence-electron chi connectivity index (χ0n) is 11.5. The van der Waals surface area contributed by atoms with E-state index in [0.29, 0.717) is 17.2 Å². The van der Waals surface area contributed by atoms with Crippen LogP contribution in [-0.4, -0.2) is 11.5 Å². The number of carbonyl (C=O) groups excluding carboxylic acids is 1. The molecule has 0 atom stereocenters. The van der Waals surface area contributed by atoms with Crippen molar-refractivity contribution in [2.75, 3.05) is 5.43 Å². The van der Waals surface area contributed by atoms with Gasteiger partial charge in [0.25, 0.3) is 0 Å². The van der Waals surface area contributed by atoms with Gasteiger partial charge in [-0.25, -0.2) is 0 Å². The van der Waals surface area contributed by atoms with Crippen LogP contribution in [0.3, 0.4) is 0 Å². The van der Waals surface area contributed by atoms with Crippen LogP contribution >= 0.6 is 11.6 Å². The van der Waals surface area contributed by atoms with E-state index in [-0.39, 0.29) is 5.78 Å². The van der Waals surface area contributed by atoms with E-state index in [2.05, 4.69) is 10.5 Å². The molecule has 0 heterocycles. The number of hydrogen-bond donors (Lipinski definition) is 1. The molecule has 4 heteroatoms. The average Bonchev–Trinajstić information content (AvgIpc) is 2.65. The minimum absolute atomic E-state index is 0.0117. The molecule has 0 spiro atoms. The maximum Gasteiger partial charge on any atom is 0.209 e. The second-order valence-corrected chi connectivity index (χ2v) is 5.46. The summed E-state index contributed by atoms with van der Waals surface area (Å²) in [5.74, 6) is 0.0117. The van der Waals surface area contributed by atoms with Gasteiger partial charge >= 0.3 is 0 Å². The Kier molecular flexibility index (Phi) is 4.02. The first-order valence-electron chi connectivity index (χ1n) is 6.95. The summed E-state index contributed by atoms with van der Waals surface area (Å²) in [6.45, 7) is 0. The van der Waals surface area contributed by atoms with Crippen LogP contribution in [0.15, 0.2) is 53.6 Å². The largest absolute Gasteiger partial charge is 0.287 e. The standard InChI is InChI=1S/C17H15ClN2O/c18-13-7-4-8-14(11-13)19-20-16-10-3-6-12-5-1-2-9-15(12)17(16)21/h1-2,4-5,7-9,11,19H,3,6,10H2/b20-16+. The smallest absolute Gasteiger partial charge is 0.209 e. The van der Waals surface area contributed by atoms with Crippen LogP contribution in [0.25, 0.3) is 0 Å². The number of rotatable bonds is 2. The van der Waals surface area contributed by atoms with Crippen molar-refractivity contribution in [3.63, 3.8) is 0 Å². The number of carbonyl (C=O) groups is 1. The molecular weight excluding hydrogens is 284 g/mol. The summed E-state index contributed by atoms with van der Waals surface area (Å²) >= 11 is 5.93. The third kappa shape index (κ3) is 3.14. The van der Waals surface area contributed by atoms with Crippen molar-refractivity contribution >= 4 is 28.8 Å². The Hall–Kier alpha value is -2.13. The highest BCUT2D eigenvalue weighted by atomic mass is 35.5. The van der Waals surface area contributed by atoms with Gasteiger partial charge in [0.05, 0.1) is 5.69 Å². The van der Waals surface area contributed by atoms with Gasteiger partial charge < -0.3 is 0 Å². The molecular formula is C17H15ClN2O. The Morgan fingerprint density at radius 1 is 1.05 bits per heavy atom.